The van der Waals surface area contributed by atoms with Crippen molar-refractivity contribution in [2.24, 2.45) is 0 Å². The summed E-state index contributed by atoms with van der Waals surface area (Å²) in [7, 11) is -3.69. The van der Waals surface area contributed by atoms with E-state index in [-0.39, 0.29) is 43.4 Å². The van der Waals surface area contributed by atoms with Crippen LogP contribution in [0.25, 0.3) is 11.4 Å². The van der Waals surface area contributed by atoms with Crippen LogP contribution in [0.3, 0.4) is 0 Å². The molecule has 0 unspecified atom stereocenters. The lowest BCUT2D eigenvalue weighted by Crippen LogP contribution is -2.32. The number of hydrogen-bond acceptors (Lipinski definition) is 6. The standard InChI is InChI=1S/C21H23FN4O4S/c1-15-7-5-8-16(13-15)21-24-20(30-25-21)14-23-19(27)11-6-12-26(31(2,28)29)18-10-4-3-9-17(18)22/h3-5,7-10,13H,6,11-12,14H2,1-2H3,(H,23,27). The van der Waals surface area contributed by atoms with Crippen molar-refractivity contribution >= 4 is 21.6 Å². The van der Waals surface area contributed by atoms with Gasteiger partial charge in [-0.05, 0) is 31.5 Å². The first-order valence-electron chi connectivity index (χ1n) is 9.62. The van der Waals surface area contributed by atoms with Crippen LogP contribution in [0, 0.1) is 12.7 Å². The van der Waals surface area contributed by atoms with Gasteiger partial charge in [0.2, 0.25) is 27.6 Å². The molecule has 2 aromatic carbocycles. The fourth-order valence-corrected chi connectivity index (χ4v) is 3.96. The first-order valence-corrected chi connectivity index (χ1v) is 11.5. The van der Waals surface area contributed by atoms with Crippen molar-refractivity contribution < 1.29 is 22.1 Å². The summed E-state index contributed by atoms with van der Waals surface area (Å²) in [5, 5.41) is 6.57. The molecule has 1 aromatic heterocycles. The molecule has 0 atom stereocenters. The molecular weight excluding hydrogens is 423 g/mol. The van der Waals surface area contributed by atoms with Crippen LogP contribution < -0.4 is 9.62 Å². The summed E-state index contributed by atoms with van der Waals surface area (Å²) in [6, 6.07) is 13.3. The third-order valence-corrected chi connectivity index (χ3v) is 5.65. The Bertz CT molecular complexity index is 1160. The van der Waals surface area contributed by atoms with E-state index in [1.165, 1.54) is 18.2 Å². The van der Waals surface area contributed by atoms with Gasteiger partial charge in [-0.25, -0.2) is 12.8 Å². The van der Waals surface area contributed by atoms with Gasteiger partial charge in [0.05, 0.1) is 18.5 Å². The highest BCUT2D eigenvalue weighted by Crippen LogP contribution is 2.22. The lowest BCUT2D eigenvalue weighted by Gasteiger charge is -2.22. The van der Waals surface area contributed by atoms with Crippen molar-refractivity contribution in [2.75, 3.05) is 17.1 Å². The van der Waals surface area contributed by atoms with Gasteiger partial charge in [-0.3, -0.25) is 9.10 Å². The van der Waals surface area contributed by atoms with Crippen LogP contribution in [0.4, 0.5) is 10.1 Å². The number of aryl methyl sites for hydroxylation is 1. The minimum absolute atomic E-state index is 0.0226. The molecule has 31 heavy (non-hydrogen) atoms. The predicted molar refractivity (Wildman–Crippen MR) is 114 cm³/mol. The molecule has 0 spiro atoms. The van der Waals surface area contributed by atoms with Crippen LogP contribution in [-0.4, -0.2) is 37.3 Å². The summed E-state index contributed by atoms with van der Waals surface area (Å²) < 4.78 is 44.2. The number of sulfonamides is 1. The summed E-state index contributed by atoms with van der Waals surface area (Å²) in [6.45, 7) is 1.99. The zero-order valence-electron chi connectivity index (χ0n) is 17.2. The summed E-state index contributed by atoms with van der Waals surface area (Å²) >= 11 is 0. The van der Waals surface area contributed by atoms with E-state index in [1.54, 1.807) is 6.07 Å². The number of rotatable bonds is 9. The molecule has 8 nitrogen and oxygen atoms in total. The van der Waals surface area contributed by atoms with Crippen LogP contribution in [0.1, 0.15) is 24.3 Å². The SMILES string of the molecule is Cc1cccc(-c2noc(CNC(=O)CCCN(c3ccccc3F)S(C)(=O)=O)n2)c1. The van der Waals surface area contributed by atoms with Crippen LogP contribution in [-0.2, 0) is 21.4 Å². The molecule has 3 rings (SSSR count). The van der Waals surface area contributed by atoms with Crippen molar-refractivity contribution in [3.8, 4) is 11.4 Å². The Morgan fingerprint density at radius 1 is 1.19 bits per heavy atom. The fourth-order valence-electron chi connectivity index (χ4n) is 2.99. The quantitative estimate of drug-likeness (QED) is 0.542. The van der Waals surface area contributed by atoms with E-state index in [4.69, 9.17) is 4.52 Å². The van der Waals surface area contributed by atoms with E-state index < -0.39 is 15.8 Å². The van der Waals surface area contributed by atoms with Crippen molar-refractivity contribution in [1.82, 2.24) is 15.5 Å². The molecule has 0 saturated carbocycles. The number of halogens is 1. The van der Waals surface area contributed by atoms with Gasteiger partial charge in [-0.2, -0.15) is 4.98 Å². The Morgan fingerprint density at radius 3 is 2.68 bits per heavy atom. The number of aromatic nitrogens is 2. The second kappa shape index (κ2) is 9.69. The minimum atomic E-state index is -3.69. The lowest BCUT2D eigenvalue weighted by molar-refractivity contribution is -0.121. The molecule has 1 heterocycles. The molecule has 0 radical (unpaired) electrons. The van der Waals surface area contributed by atoms with Gasteiger partial charge in [0, 0.05) is 18.5 Å². The topological polar surface area (TPSA) is 105 Å². The molecule has 0 aliphatic carbocycles. The summed E-state index contributed by atoms with van der Waals surface area (Å²) in [6.07, 6.45) is 1.27. The lowest BCUT2D eigenvalue weighted by atomic mass is 10.1. The van der Waals surface area contributed by atoms with Gasteiger partial charge < -0.3 is 9.84 Å². The van der Waals surface area contributed by atoms with E-state index in [9.17, 15) is 17.6 Å². The molecular formula is C21H23FN4O4S. The number of carbonyl (C=O) groups is 1. The van der Waals surface area contributed by atoms with E-state index >= 15 is 0 Å². The van der Waals surface area contributed by atoms with Gasteiger partial charge in [0.1, 0.15) is 5.82 Å². The number of nitrogens with one attached hydrogen (secondary N) is 1. The van der Waals surface area contributed by atoms with Gasteiger partial charge in [0.25, 0.3) is 0 Å². The maximum atomic E-state index is 14.0. The number of nitrogens with zero attached hydrogens (tertiary/aromatic N) is 3. The first kappa shape index (κ1) is 22.4. The molecule has 0 saturated heterocycles. The summed E-state index contributed by atoms with van der Waals surface area (Å²) in [5.41, 5.74) is 1.84. The first-order chi connectivity index (χ1) is 14.7. The van der Waals surface area contributed by atoms with Crippen molar-refractivity contribution in [3.63, 3.8) is 0 Å². The number of carbonyl (C=O) groups excluding carboxylic acids is 1. The molecule has 0 fully saturated rings. The van der Waals surface area contributed by atoms with E-state index in [2.05, 4.69) is 15.5 Å². The molecule has 0 bridgehead atoms. The Kier molecular flexibility index (Phi) is 7.01. The zero-order valence-corrected chi connectivity index (χ0v) is 18.0. The smallest absolute Gasteiger partial charge is 0.246 e. The van der Waals surface area contributed by atoms with E-state index in [0.717, 1.165) is 21.7 Å². The predicted octanol–water partition coefficient (Wildman–Crippen LogP) is 3.05. The average Bonchev–Trinajstić information content (AvgIpc) is 3.19. The highest BCUT2D eigenvalue weighted by molar-refractivity contribution is 7.92. The summed E-state index contributed by atoms with van der Waals surface area (Å²) in [4.78, 5) is 16.4. The van der Waals surface area contributed by atoms with Gasteiger partial charge in [0.15, 0.2) is 0 Å². The third-order valence-electron chi connectivity index (χ3n) is 4.47. The Morgan fingerprint density at radius 2 is 1.97 bits per heavy atom. The molecule has 0 aliphatic heterocycles. The Labute approximate surface area is 180 Å². The van der Waals surface area contributed by atoms with Crippen LogP contribution >= 0.6 is 0 Å². The van der Waals surface area contributed by atoms with Crippen molar-refractivity contribution in [1.29, 1.82) is 0 Å². The third kappa shape index (κ3) is 6.11. The van der Waals surface area contributed by atoms with Crippen LogP contribution in [0.2, 0.25) is 0 Å². The average molecular weight is 447 g/mol. The molecule has 10 heteroatoms. The number of anilines is 1. The van der Waals surface area contributed by atoms with Crippen molar-refractivity contribution in [2.45, 2.75) is 26.3 Å². The number of amides is 1. The monoisotopic (exact) mass is 446 g/mol. The maximum Gasteiger partial charge on any atom is 0.246 e. The number of para-hydroxylation sites is 1. The highest BCUT2D eigenvalue weighted by atomic mass is 32.2. The molecule has 1 amide bonds. The molecule has 164 valence electrons. The molecule has 0 aliphatic rings. The number of hydrogen-bond donors (Lipinski definition) is 1. The Hall–Kier alpha value is -3.27. The largest absolute Gasteiger partial charge is 0.347 e. The second-order valence-corrected chi connectivity index (χ2v) is 8.95. The summed E-state index contributed by atoms with van der Waals surface area (Å²) in [5.74, 6) is -0.258. The maximum absolute atomic E-state index is 14.0. The van der Waals surface area contributed by atoms with Gasteiger partial charge in [-0.1, -0.05) is 41.1 Å². The highest BCUT2D eigenvalue weighted by Gasteiger charge is 2.20. The van der Waals surface area contributed by atoms with Crippen LogP contribution in [0.5, 0.6) is 0 Å². The van der Waals surface area contributed by atoms with Gasteiger partial charge in [-0.15, -0.1) is 0 Å². The number of benzene rings is 2. The van der Waals surface area contributed by atoms with E-state index in [0.29, 0.717) is 5.82 Å². The Balaban J connectivity index is 1.52. The van der Waals surface area contributed by atoms with Crippen LogP contribution in [0.15, 0.2) is 53.1 Å². The fraction of sp³-hybridized carbons (Fsp3) is 0.286. The molecule has 3 aromatic rings. The molecule has 1 N–H and O–H groups in total. The normalized spacial score (nSPS) is 11.3. The second-order valence-electron chi connectivity index (χ2n) is 7.05. The minimum Gasteiger partial charge on any atom is -0.347 e. The van der Waals surface area contributed by atoms with E-state index in [1.807, 2.05) is 31.2 Å². The van der Waals surface area contributed by atoms with Crippen molar-refractivity contribution in [3.05, 3.63) is 65.8 Å². The zero-order chi connectivity index (χ0) is 22.4. The van der Waals surface area contributed by atoms with Gasteiger partial charge >= 0.3 is 0 Å².